The van der Waals surface area contributed by atoms with E-state index in [9.17, 15) is 14.7 Å². The summed E-state index contributed by atoms with van der Waals surface area (Å²) in [6.45, 7) is 0. The van der Waals surface area contributed by atoms with Gasteiger partial charge < -0.3 is 15.8 Å². The van der Waals surface area contributed by atoms with Crippen molar-refractivity contribution in [1.29, 1.82) is 0 Å². The molecule has 5 nitrogen and oxygen atoms in total. The molecular weight excluding hydrogens is 363 g/mol. The molecule has 0 bridgehead atoms. The fraction of sp³-hybridized carbons (Fsp3) is 0. The number of carbonyl (C=O) groups excluding carboxylic acids is 1. The van der Waals surface area contributed by atoms with Gasteiger partial charge in [-0.25, -0.2) is 4.79 Å². The third-order valence-electron chi connectivity index (χ3n) is 3.71. The second kappa shape index (κ2) is 6.63. The molecule has 0 spiro atoms. The van der Waals surface area contributed by atoms with Crippen LogP contribution in [-0.2, 0) is 4.79 Å². The number of carboxylic acid groups (broad SMARTS) is 1. The second-order valence-corrected chi connectivity index (χ2v) is 6.16. The normalized spacial score (nSPS) is 11.7. The number of nitrogens with two attached hydrogens (primary N) is 1. The number of halogens is 2. The number of primary amides is 1. The first-order chi connectivity index (χ1) is 11.9. The number of nitrogens with one attached hydrogen (secondary N) is 1. The molecule has 126 valence electrons. The molecule has 0 aliphatic rings. The number of hydrogen-bond donors (Lipinski definition) is 3. The number of fused-ring (bicyclic) bond motifs is 1. The standard InChI is InChI=1S/C18H12Cl2N2O3/c19-10-6-13(20)15-12(16(18(24)25)22-14(15)7-10)8-11(17(21)23)9-4-2-1-3-5-9/h1-8,22H,(H2,21,23)(H,24,25)/b11-8+. The monoisotopic (exact) mass is 374 g/mol. The fourth-order valence-electron chi connectivity index (χ4n) is 2.64. The molecule has 0 aliphatic carbocycles. The summed E-state index contributed by atoms with van der Waals surface area (Å²) in [6, 6.07) is 11.8. The number of amides is 1. The van der Waals surface area contributed by atoms with Gasteiger partial charge in [-0.1, -0.05) is 53.5 Å². The highest BCUT2D eigenvalue weighted by molar-refractivity contribution is 6.39. The van der Waals surface area contributed by atoms with Crippen molar-refractivity contribution >= 4 is 57.6 Å². The molecule has 0 unspecified atom stereocenters. The minimum atomic E-state index is -1.19. The topological polar surface area (TPSA) is 96.2 Å². The van der Waals surface area contributed by atoms with E-state index in [4.69, 9.17) is 28.9 Å². The summed E-state index contributed by atoms with van der Waals surface area (Å²) in [5, 5.41) is 10.6. The maximum absolute atomic E-state index is 11.9. The molecule has 0 saturated heterocycles. The number of rotatable bonds is 4. The average molecular weight is 375 g/mol. The summed E-state index contributed by atoms with van der Waals surface area (Å²) >= 11 is 12.2. The number of aromatic amines is 1. The van der Waals surface area contributed by atoms with E-state index in [1.54, 1.807) is 36.4 Å². The second-order valence-electron chi connectivity index (χ2n) is 5.32. The predicted molar refractivity (Wildman–Crippen MR) is 98.8 cm³/mol. The van der Waals surface area contributed by atoms with Crippen molar-refractivity contribution in [1.82, 2.24) is 4.98 Å². The number of benzene rings is 2. The van der Waals surface area contributed by atoms with E-state index in [0.717, 1.165) is 0 Å². The minimum absolute atomic E-state index is 0.103. The maximum Gasteiger partial charge on any atom is 0.352 e. The van der Waals surface area contributed by atoms with Crippen molar-refractivity contribution < 1.29 is 14.7 Å². The molecule has 0 atom stereocenters. The van der Waals surface area contributed by atoms with Gasteiger partial charge in [-0.2, -0.15) is 0 Å². The van der Waals surface area contributed by atoms with Crippen LogP contribution in [0, 0.1) is 0 Å². The van der Waals surface area contributed by atoms with Gasteiger partial charge in [0.05, 0.1) is 5.02 Å². The van der Waals surface area contributed by atoms with Gasteiger partial charge in [0.15, 0.2) is 0 Å². The lowest BCUT2D eigenvalue weighted by Gasteiger charge is -2.05. The van der Waals surface area contributed by atoms with E-state index in [-0.39, 0.29) is 21.9 Å². The van der Waals surface area contributed by atoms with E-state index < -0.39 is 11.9 Å². The van der Waals surface area contributed by atoms with Crippen LogP contribution < -0.4 is 5.73 Å². The number of hydrogen-bond acceptors (Lipinski definition) is 2. The number of carbonyl (C=O) groups is 2. The fourth-order valence-corrected chi connectivity index (χ4v) is 3.24. The van der Waals surface area contributed by atoms with Gasteiger partial charge in [0.1, 0.15) is 5.69 Å². The van der Waals surface area contributed by atoms with Crippen LogP contribution in [0.3, 0.4) is 0 Å². The van der Waals surface area contributed by atoms with Crippen LogP contribution in [0.1, 0.15) is 21.6 Å². The molecule has 7 heteroatoms. The molecule has 0 radical (unpaired) electrons. The first kappa shape index (κ1) is 17.1. The van der Waals surface area contributed by atoms with Gasteiger partial charge in [0.2, 0.25) is 5.91 Å². The van der Waals surface area contributed by atoms with Gasteiger partial charge in [-0.3, -0.25) is 4.79 Å². The summed E-state index contributed by atoms with van der Waals surface area (Å²) in [5.41, 5.74) is 6.87. The van der Waals surface area contributed by atoms with E-state index in [2.05, 4.69) is 4.98 Å². The van der Waals surface area contributed by atoms with Gasteiger partial charge in [0, 0.05) is 27.1 Å². The molecule has 0 aliphatic heterocycles. The van der Waals surface area contributed by atoms with Crippen molar-refractivity contribution in [2.75, 3.05) is 0 Å². The van der Waals surface area contributed by atoms with E-state index in [1.807, 2.05) is 0 Å². The van der Waals surface area contributed by atoms with Gasteiger partial charge in [-0.05, 0) is 23.8 Å². The Morgan fingerprint density at radius 2 is 1.80 bits per heavy atom. The van der Waals surface area contributed by atoms with Crippen molar-refractivity contribution in [3.8, 4) is 0 Å². The third-order valence-corrected chi connectivity index (χ3v) is 4.22. The third kappa shape index (κ3) is 3.24. The molecule has 1 amide bonds. The summed E-state index contributed by atoms with van der Waals surface area (Å²) in [7, 11) is 0. The van der Waals surface area contributed by atoms with Gasteiger partial charge in [0.25, 0.3) is 0 Å². The summed E-state index contributed by atoms with van der Waals surface area (Å²) in [6.07, 6.45) is 1.43. The lowest BCUT2D eigenvalue weighted by atomic mass is 10.0. The Morgan fingerprint density at radius 1 is 1.12 bits per heavy atom. The molecular formula is C18H12Cl2N2O3. The highest BCUT2D eigenvalue weighted by Gasteiger charge is 2.20. The van der Waals surface area contributed by atoms with Crippen molar-refractivity contribution in [2.45, 2.75) is 0 Å². The number of H-pyrrole nitrogens is 1. The smallest absolute Gasteiger partial charge is 0.352 e. The van der Waals surface area contributed by atoms with Crippen molar-refractivity contribution in [3.05, 3.63) is 69.3 Å². The van der Waals surface area contributed by atoms with Crippen molar-refractivity contribution in [3.63, 3.8) is 0 Å². The zero-order valence-corrected chi connectivity index (χ0v) is 14.2. The van der Waals surface area contributed by atoms with E-state index in [1.165, 1.54) is 12.1 Å². The Kier molecular flexibility index (Phi) is 4.53. The Hall–Kier alpha value is -2.76. The Morgan fingerprint density at radius 3 is 2.40 bits per heavy atom. The number of aromatic carboxylic acids is 1. The number of aromatic nitrogens is 1. The molecule has 3 aromatic rings. The molecule has 3 rings (SSSR count). The van der Waals surface area contributed by atoms with E-state index in [0.29, 0.717) is 21.5 Å². The van der Waals surface area contributed by atoms with E-state index >= 15 is 0 Å². The van der Waals surface area contributed by atoms with Crippen LogP contribution in [0.5, 0.6) is 0 Å². The van der Waals surface area contributed by atoms with Crippen LogP contribution in [0.4, 0.5) is 0 Å². The van der Waals surface area contributed by atoms with Crippen LogP contribution >= 0.6 is 23.2 Å². The quantitative estimate of drug-likeness (QED) is 0.597. The average Bonchev–Trinajstić information content (AvgIpc) is 2.91. The number of carboxylic acids is 1. The molecule has 25 heavy (non-hydrogen) atoms. The van der Waals surface area contributed by atoms with Gasteiger partial charge >= 0.3 is 5.97 Å². The first-order valence-electron chi connectivity index (χ1n) is 7.19. The van der Waals surface area contributed by atoms with Crippen molar-refractivity contribution in [2.24, 2.45) is 5.73 Å². The first-order valence-corrected chi connectivity index (χ1v) is 7.95. The zero-order valence-electron chi connectivity index (χ0n) is 12.7. The van der Waals surface area contributed by atoms with Crippen LogP contribution in [0.15, 0.2) is 42.5 Å². The minimum Gasteiger partial charge on any atom is -0.477 e. The highest BCUT2D eigenvalue weighted by Crippen LogP contribution is 2.34. The molecule has 1 aromatic heterocycles. The van der Waals surface area contributed by atoms with Crippen LogP contribution in [-0.4, -0.2) is 22.0 Å². The molecule has 0 fully saturated rings. The van der Waals surface area contributed by atoms with Crippen LogP contribution in [0.25, 0.3) is 22.6 Å². The van der Waals surface area contributed by atoms with Gasteiger partial charge in [-0.15, -0.1) is 0 Å². The Bertz CT molecular complexity index is 1020. The lowest BCUT2D eigenvalue weighted by molar-refractivity contribution is -0.112. The molecule has 4 N–H and O–H groups in total. The lowest BCUT2D eigenvalue weighted by Crippen LogP contribution is -2.13. The summed E-state index contributed by atoms with van der Waals surface area (Å²) < 4.78 is 0. The predicted octanol–water partition coefficient (Wildman–Crippen LogP) is 4.20. The molecule has 1 heterocycles. The SMILES string of the molecule is NC(=O)/C(=C/c1c(C(=O)O)[nH]c2cc(Cl)cc(Cl)c12)c1ccccc1. The summed E-state index contributed by atoms with van der Waals surface area (Å²) in [5.74, 6) is -1.87. The Balaban J connectivity index is 2.35. The summed E-state index contributed by atoms with van der Waals surface area (Å²) in [4.78, 5) is 26.3. The largest absolute Gasteiger partial charge is 0.477 e. The molecule has 0 saturated carbocycles. The molecule has 2 aromatic carbocycles. The maximum atomic E-state index is 11.9. The zero-order chi connectivity index (χ0) is 18.1. The van der Waals surface area contributed by atoms with Crippen LogP contribution in [0.2, 0.25) is 10.0 Å². The highest BCUT2D eigenvalue weighted by atomic mass is 35.5. The Labute approximate surface area is 152 Å².